The van der Waals surface area contributed by atoms with Gasteiger partial charge in [-0.3, -0.25) is 4.79 Å². The Morgan fingerprint density at radius 3 is 1.74 bits per heavy atom. The van der Waals surface area contributed by atoms with E-state index in [-0.39, 0.29) is 11.7 Å². The molecule has 162 valence electrons. The number of rotatable bonds is 6. The van der Waals surface area contributed by atoms with Crippen LogP contribution in [0.15, 0.2) is 66.7 Å². The molecule has 0 saturated heterocycles. The largest absolute Gasteiger partial charge is 0.416 e. The van der Waals surface area contributed by atoms with E-state index in [2.05, 4.69) is 13.8 Å². The van der Waals surface area contributed by atoms with Gasteiger partial charge in [0.15, 0.2) is 0 Å². The molecule has 0 aliphatic rings. The number of ketones is 1. The number of Topliss-reactive ketones (excluding diaryl/α,β-unsaturated/α-hetero) is 1. The summed E-state index contributed by atoms with van der Waals surface area (Å²) in [5, 5.41) is 0.615. The molecule has 1 atom stereocenters. The number of hydrogen-bond acceptors (Lipinski definition) is 1. The second-order valence-corrected chi connectivity index (χ2v) is 8.65. The zero-order valence-corrected chi connectivity index (χ0v) is 18.4. The standard InChI is InChI=1S/C26H24ClF3O/c1-16(2)12-25(17(3)31)22-14-20(18-4-8-23(9-5-18)26(28,29)30)13-21(15-22)19-6-10-24(27)11-7-19/h4-11,13-16,25H,12H2,1-3H3/t25-/m0/s1. The molecular formula is C26H24ClF3O. The van der Waals surface area contributed by atoms with E-state index in [4.69, 9.17) is 11.6 Å². The van der Waals surface area contributed by atoms with E-state index < -0.39 is 11.7 Å². The third kappa shape index (κ3) is 5.76. The van der Waals surface area contributed by atoms with Crippen LogP contribution in [-0.2, 0) is 11.0 Å². The molecule has 0 bridgehead atoms. The fraction of sp³-hybridized carbons (Fsp3) is 0.269. The number of benzene rings is 3. The lowest BCUT2D eigenvalue weighted by Crippen LogP contribution is -2.12. The molecule has 0 spiro atoms. The van der Waals surface area contributed by atoms with Crippen molar-refractivity contribution in [3.63, 3.8) is 0 Å². The fourth-order valence-corrected chi connectivity index (χ4v) is 3.81. The van der Waals surface area contributed by atoms with Crippen molar-refractivity contribution in [1.29, 1.82) is 0 Å². The Labute approximate surface area is 185 Å². The van der Waals surface area contributed by atoms with Crippen LogP contribution in [0.2, 0.25) is 5.02 Å². The molecule has 3 aromatic rings. The van der Waals surface area contributed by atoms with E-state index in [1.807, 2.05) is 30.3 Å². The molecule has 0 fully saturated rings. The summed E-state index contributed by atoms with van der Waals surface area (Å²) < 4.78 is 38.9. The predicted octanol–water partition coefficient (Wildman–Crippen LogP) is 8.41. The first kappa shape index (κ1) is 23.1. The normalized spacial score (nSPS) is 12.8. The summed E-state index contributed by atoms with van der Waals surface area (Å²) in [6.45, 7) is 5.71. The van der Waals surface area contributed by atoms with Crippen LogP contribution >= 0.6 is 11.6 Å². The second kappa shape index (κ2) is 9.27. The molecule has 0 unspecified atom stereocenters. The molecule has 3 aromatic carbocycles. The van der Waals surface area contributed by atoms with Crippen molar-refractivity contribution in [2.75, 3.05) is 0 Å². The number of carbonyl (C=O) groups excluding carboxylic acids is 1. The predicted molar refractivity (Wildman–Crippen MR) is 120 cm³/mol. The lowest BCUT2D eigenvalue weighted by atomic mass is 9.84. The van der Waals surface area contributed by atoms with Crippen LogP contribution in [0.3, 0.4) is 0 Å². The summed E-state index contributed by atoms with van der Waals surface area (Å²) in [6, 6.07) is 18.3. The van der Waals surface area contributed by atoms with Crippen molar-refractivity contribution in [2.24, 2.45) is 5.92 Å². The van der Waals surface area contributed by atoms with Crippen LogP contribution in [0.5, 0.6) is 0 Å². The van der Waals surface area contributed by atoms with Crippen LogP contribution in [0.25, 0.3) is 22.3 Å². The number of halogens is 4. The van der Waals surface area contributed by atoms with Gasteiger partial charge in [0.1, 0.15) is 5.78 Å². The smallest absolute Gasteiger partial charge is 0.299 e. The maximum Gasteiger partial charge on any atom is 0.416 e. The first-order chi connectivity index (χ1) is 14.5. The zero-order valence-electron chi connectivity index (χ0n) is 17.6. The Balaban J connectivity index is 2.14. The van der Waals surface area contributed by atoms with Crippen LogP contribution in [-0.4, -0.2) is 5.78 Å². The van der Waals surface area contributed by atoms with E-state index in [1.165, 1.54) is 12.1 Å². The van der Waals surface area contributed by atoms with Crippen LogP contribution < -0.4 is 0 Å². The Bertz CT molecular complexity index is 1050. The van der Waals surface area contributed by atoms with Crippen LogP contribution in [0.1, 0.15) is 44.2 Å². The van der Waals surface area contributed by atoms with Gasteiger partial charge in [-0.1, -0.05) is 61.8 Å². The minimum Gasteiger partial charge on any atom is -0.299 e. The number of carbonyl (C=O) groups is 1. The Morgan fingerprint density at radius 2 is 1.32 bits per heavy atom. The first-order valence-electron chi connectivity index (χ1n) is 10.1. The molecule has 3 rings (SSSR count). The van der Waals surface area contributed by atoms with Gasteiger partial charge in [-0.2, -0.15) is 13.2 Å². The molecule has 0 aliphatic heterocycles. The maximum atomic E-state index is 13.0. The molecule has 0 aliphatic carbocycles. The fourth-order valence-electron chi connectivity index (χ4n) is 3.69. The van der Waals surface area contributed by atoms with Gasteiger partial charge in [-0.05, 0) is 77.4 Å². The molecule has 0 radical (unpaired) electrons. The molecule has 31 heavy (non-hydrogen) atoms. The van der Waals surface area contributed by atoms with E-state index in [0.717, 1.165) is 34.4 Å². The van der Waals surface area contributed by atoms with Crippen LogP contribution in [0.4, 0.5) is 13.2 Å². The van der Waals surface area contributed by atoms with Crippen molar-refractivity contribution < 1.29 is 18.0 Å². The molecular weight excluding hydrogens is 421 g/mol. The van der Waals surface area contributed by atoms with Gasteiger partial charge in [0, 0.05) is 10.9 Å². The van der Waals surface area contributed by atoms with Crippen molar-refractivity contribution in [2.45, 2.75) is 39.3 Å². The van der Waals surface area contributed by atoms with E-state index in [1.54, 1.807) is 19.1 Å². The van der Waals surface area contributed by atoms with Gasteiger partial charge in [0.25, 0.3) is 0 Å². The SMILES string of the molecule is CC(=O)[C@H](CC(C)C)c1cc(-c2ccc(Cl)cc2)cc(-c2ccc(C(F)(F)F)cc2)c1. The zero-order chi connectivity index (χ0) is 22.8. The van der Waals surface area contributed by atoms with Crippen molar-refractivity contribution in [3.05, 3.63) is 82.9 Å². The van der Waals surface area contributed by atoms with Gasteiger partial charge >= 0.3 is 6.18 Å². The van der Waals surface area contributed by atoms with Gasteiger partial charge < -0.3 is 0 Å². The van der Waals surface area contributed by atoms with Gasteiger partial charge in [-0.25, -0.2) is 0 Å². The second-order valence-electron chi connectivity index (χ2n) is 8.22. The summed E-state index contributed by atoms with van der Waals surface area (Å²) in [4.78, 5) is 12.4. The molecule has 0 saturated carbocycles. The molecule has 0 amide bonds. The highest BCUT2D eigenvalue weighted by molar-refractivity contribution is 6.30. The Kier molecular flexibility index (Phi) is 6.90. The highest BCUT2D eigenvalue weighted by Crippen LogP contribution is 2.36. The minimum atomic E-state index is -4.38. The summed E-state index contributed by atoms with van der Waals surface area (Å²) in [7, 11) is 0. The minimum absolute atomic E-state index is 0.0697. The topological polar surface area (TPSA) is 17.1 Å². The third-order valence-electron chi connectivity index (χ3n) is 5.28. The Morgan fingerprint density at radius 1 is 0.839 bits per heavy atom. The Hall–Kier alpha value is -2.59. The number of alkyl halides is 3. The summed E-state index contributed by atoms with van der Waals surface area (Å²) in [5.41, 5.74) is 3.42. The third-order valence-corrected chi connectivity index (χ3v) is 5.53. The molecule has 1 nitrogen and oxygen atoms in total. The van der Waals surface area contributed by atoms with E-state index >= 15 is 0 Å². The summed E-state index contributed by atoms with van der Waals surface area (Å²) >= 11 is 6.02. The van der Waals surface area contributed by atoms with Gasteiger partial charge in [0.2, 0.25) is 0 Å². The first-order valence-corrected chi connectivity index (χ1v) is 10.5. The molecule has 0 aromatic heterocycles. The van der Waals surface area contributed by atoms with Crippen molar-refractivity contribution in [3.8, 4) is 22.3 Å². The molecule has 5 heteroatoms. The van der Waals surface area contributed by atoms with Gasteiger partial charge in [-0.15, -0.1) is 0 Å². The average Bonchev–Trinajstić information content (AvgIpc) is 2.71. The summed E-state index contributed by atoms with van der Waals surface area (Å²) in [6.07, 6.45) is -3.68. The lowest BCUT2D eigenvalue weighted by molar-refractivity contribution is -0.137. The quantitative estimate of drug-likeness (QED) is 0.373. The highest BCUT2D eigenvalue weighted by Gasteiger charge is 2.30. The lowest BCUT2D eigenvalue weighted by Gasteiger charge is -2.19. The van der Waals surface area contributed by atoms with Crippen LogP contribution in [0, 0.1) is 5.92 Å². The molecule has 0 N–H and O–H groups in total. The molecule has 0 heterocycles. The van der Waals surface area contributed by atoms with E-state index in [9.17, 15) is 18.0 Å². The maximum absolute atomic E-state index is 13.0. The number of hydrogen-bond donors (Lipinski definition) is 0. The average molecular weight is 445 g/mol. The monoisotopic (exact) mass is 444 g/mol. The van der Waals surface area contributed by atoms with Crippen molar-refractivity contribution >= 4 is 17.4 Å². The van der Waals surface area contributed by atoms with Gasteiger partial charge in [0.05, 0.1) is 5.56 Å². The summed E-state index contributed by atoms with van der Waals surface area (Å²) in [5.74, 6) is 0.114. The van der Waals surface area contributed by atoms with E-state index in [0.29, 0.717) is 22.9 Å². The van der Waals surface area contributed by atoms with Crippen molar-refractivity contribution in [1.82, 2.24) is 0 Å². The highest BCUT2D eigenvalue weighted by atomic mass is 35.5.